The average molecular weight is 422 g/mol. The predicted octanol–water partition coefficient (Wildman–Crippen LogP) is 5.53. The smallest absolute Gasteiger partial charge is 0.365 e. The molecular weight excluding hydrogens is 391 g/mol. The van der Waals surface area contributed by atoms with E-state index in [-0.39, 0.29) is 24.3 Å². The highest BCUT2D eigenvalue weighted by Gasteiger charge is 2.30. The van der Waals surface area contributed by atoms with Crippen LogP contribution in [0.2, 0.25) is 0 Å². The zero-order valence-electron chi connectivity index (χ0n) is 17.6. The first-order chi connectivity index (χ1) is 14.0. The molecule has 1 N–H and O–H groups in total. The number of hydrogen-bond acceptors (Lipinski definition) is 6. The van der Waals surface area contributed by atoms with Crippen LogP contribution in [0.4, 0.5) is 0 Å². The molecule has 0 aliphatic carbocycles. The second kappa shape index (κ2) is 11.2. The van der Waals surface area contributed by atoms with E-state index in [0.717, 1.165) is 24.0 Å². The van der Waals surface area contributed by atoms with Crippen LogP contribution in [0.25, 0.3) is 11.1 Å². The number of benzene rings is 2. The molecule has 7 heteroatoms. The lowest BCUT2D eigenvalue weighted by Crippen LogP contribution is -2.11. The normalized spacial score (nSPS) is 11.4. The van der Waals surface area contributed by atoms with Gasteiger partial charge in [0.1, 0.15) is 11.1 Å². The highest BCUT2D eigenvalue weighted by atomic mass is 31.2. The molecule has 2 aromatic rings. The van der Waals surface area contributed by atoms with Crippen LogP contribution in [0.1, 0.15) is 40.5 Å². The lowest BCUT2D eigenvalue weighted by Gasteiger charge is -2.19. The van der Waals surface area contributed by atoms with Crippen molar-refractivity contribution in [1.82, 2.24) is 0 Å². The van der Waals surface area contributed by atoms with Crippen molar-refractivity contribution in [3.05, 3.63) is 36.4 Å². The van der Waals surface area contributed by atoms with E-state index >= 15 is 0 Å². The number of hydrogen-bond donors (Lipinski definition) is 1. The van der Waals surface area contributed by atoms with Crippen LogP contribution in [0.5, 0.6) is 17.2 Å². The van der Waals surface area contributed by atoms with Crippen molar-refractivity contribution >= 4 is 12.9 Å². The predicted molar refractivity (Wildman–Crippen MR) is 116 cm³/mol. The lowest BCUT2D eigenvalue weighted by molar-refractivity contribution is 0.229. The van der Waals surface area contributed by atoms with Gasteiger partial charge in [-0.15, -0.1) is 0 Å². The van der Waals surface area contributed by atoms with E-state index < -0.39 is 7.60 Å². The van der Waals surface area contributed by atoms with Gasteiger partial charge >= 0.3 is 7.60 Å². The van der Waals surface area contributed by atoms with E-state index in [4.69, 9.17) is 18.5 Å². The summed E-state index contributed by atoms with van der Waals surface area (Å²) in [5.41, 5.74) is 1.51. The summed E-state index contributed by atoms with van der Waals surface area (Å²) in [5, 5.41) is 10.8. The van der Waals surface area contributed by atoms with Crippen LogP contribution in [-0.4, -0.2) is 31.5 Å². The summed E-state index contributed by atoms with van der Waals surface area (Å²) in [6.45, 7) is 9.10. The van der Waals surface area contributed by atoms with Gasteiger partial charge in [-0.25, -0.2) is 0 Å². The Morgan fingerprint density at radius 3 is 2.14 bits per heavy atom. The van der Waals surface area contributed by atoms with Gasteiger partial charge in [0.15, 0.2) is 11.5 Å². The van der Waals surface area contributed by atoms with Gasteiger partial charge in [0.05, 0.1) is 26.4 Å². The molecule has 0 aliphatic heterocycles. The molecule has 6 nitrogen and oxygen atoms in total. The Labute approximate surface area is 173 Å². The van der Waals surface area contributed by atoms with Crippen molar-refractivity contribution in [2.45, 2.75) is 40.5 Å². The van der Waals surface area contributed by atoms with Gasteiger partial charge in [-0.1, -0.05) is 32.0 Å². The standard InChI is InChI=1S/C22H31O6P/c1-5-14-25-20-11-9-10-18(22(20)26-15-6-2)17-12-13-21(19(23)16-17)29(24,27-7-3)28-8-4/h9-13,16,23H,5-8,14-15H2,1-4H3. The Hall–Kier alpha value is -2.01. The number of aromatic hydroxyl groups is 1. The van der Waals surface area contributed by atoms with Gasteiger partial charge in [0.2, 0.25) is 0 Å². The first-order valence-electron chi connectivity index (χ1n) is 10.1. The number of para-hydroxylation sites is 1. The van der Waals surface area contributed by atoms with Crippen molar-refractivity contribution in [2.75, 3.05) is 26.4 Å². The second-order valence-electron chi connectivity index (χ2n) is 6.37. The number of phenolic OH excluding ortho intramolecular Hbond substituents is 1. The fourth-order valence-electron chi connectivity index (χ4n) is 2.86. The maximum absolute atomic E-state index is 13.0. The topological polar surface area (TPSA) is 74.2 Å². The largest absolute Gasteiger partial charge is 0.507 e. The number of rotatable bonds is 12. The first-order valence-corrected chi connectivity index (χ1v) is 11.7. The minimum Gasteiger partial charge on any atom is -0.507 e. The lowest BCUT2D eigenvalue weighted by atomic mass is 10.0. The van der Waals surface area contributed by atoms with Crippen molar-refractivity contribution in [2.24, 2.45) is 0 Å². The highest BCUT2D eigenvalue weighted by Crippen LogP contribution is 2.50. The molecule has 0 aliphatic rings. The minimum atomic E-state index is -3.58. The number of phenols is 1. The third-order valence-corrected chi connectivity index (χ3v) is 6.24. The summed E-state index contributed by atoms with van der Waals surface area (Å²) in [6, 6.07) is 10.6. The molecule has 0 radical (unpaired) electrons. The van der Waals surface area contributed by atoms with Crippen LogP contribution >= 0.6 is 7.60 Å². The molecule has 0 spiro atoms. The van der Waals surface area contributed by atoms with Gasteiger partial charge in [-0.05, 0) is 50.5 Å². The Morgan fingerprint density at radius 1 is 0.897 bits per heavy atom. The molecule has 0 saturated heterocycles. The summed E-state index contributed by atoms with van der Waals surface area (Å²) >= 11 is 0. The van der Waals surface area contributed by atoms with E-state index in [2.05, 4.69) is 0 Å². The van der Waals surface area contributed by atoms with Gasteiger partial charge in [-0.3, -0.25) is 4.57 Å². The van der Waals surface area contributed by atoms with E-state index in [1.807, 2.05) is 32.0 Å². The zero-order chi connectivity index (χ0) is 21.3. The summed E-state index contributed by atoms with van der Waals surface area (Å²) < 4.78 is 35.5. The zero-order valence-corrected chi connectivity index (χ0v) is 18.5. The van der Waals surface area contributed by atoms with E-state index in [0.29, 0.717) is 24.7 Å². The SMILES string of the molecule is CCCOc1cccc(-c2ccc(P(=O)(OCC)OCC)c(O)c2)c1OCCC. The van der Waals surface area contributed by atoms with E-state index in [1.165, 1.54) is 0 Å². The second-order valence-corrected chi connectivity index (χ2v) is 8.36. The van der Waals surface area contributed by atoms with E-state index in [1.54, 1.807) is 32.0 Å². The van der Waals surface area contributed by atoms with Crippen LogP contribution < -0.4 is 14.8 Å². The molecule has 0 bridgehead atoms. The van der Waals surface area contributed by atoms with Crippen LogP contribution in [0, 0.1) is 0 Å². The van der Waals surface area contributed by atoms with Crippen LogP contribution in [-0.2, 0) is 13.6 Å². The number of ether oxygens (including phenoxy) is 2. The quantitative estimate of drug-likeness (QED) is 0.454. The molecule has 29 heavy (non-hydrogen) atoms. The maximum atomic E-state index is 13.0. The summed E-state index contributed by atoms with van der Waals surface area (Å²) in [7, 11) is -3.58. The van der Waals surface area contributed by atoms with Crippen molar-refractivity contribution in [3.8, 4) is 28.4 Å². The molecule has 0 atom stereocenters. The molecule has 0 aromatic heterocycles. The summed E-state index contributed by atoms with van der Waals surface area (Å²) in [4.78, 5) is 0. The Kier molecular flexibility index (Phi) is 9.02. The summed E-state index contributed by atoms with van der Waals surface area (Å²) in [5.74, 6) is 1.15. The maximum Gasteiger partial charge on any atom is 0.365 e. The first kappa shape index (κ1) is 23.3. The van der Waals surface area contributed by atoms with Gasteiger partial charge in [-0.2, -0.15) is 0 Å². The molecule has 2 rings (SSSR count). The molecule has 0 fully saturated rings. The molecule has 0 heterocycles. The van der Waals surface area contributed by atoms with Crippen molar-refractivity contribution in [3.63, 3.8) is 0 Å². The fourth-order valence-corrected chi connectivity index (χ4v) is 4.50. The molecular formula is C22H31O6P. The van der Waals surface area contributed by atoms with Gasteiger partial charge in [0, 0.05) is 5.56 Å². The van der Waals surface area contributed by atoms with Gasteiger partial charge < -0.3 is 23.6 Å². The van der Waals surface area contributed by atoms with Gasteiger partial charge in [0.25, 0.3) is 0 Å². The fraction of sp³-hybridized carbons (Fsp3) is 0.455. The Morgan fingerprint density at radius 2 is 1.55 bits per heavy atom. The summed E-state index contributed by atoms with van der Waals surface area (Å²) in [6.07, 6.45) is 1.74. The molecule has 160 valence electrons. The Bertz CT molecular complexity index is 826. The minimum absolute atomic E-state index is 0.144. The molecule has 0 amide bonds. The van der Waals surface area contributed by atoms with E-state index in [9.17, 15) is 9.67 Å². The third kappa shape index (κ3) is 5.75. The van der Waals surface area contributed by atoms with Crippen LogP contribution in [0.15, 0.2) is 36.4 Å². The third-order valence-electron chi connectivity index (χ3n) is 4.07. The Balaban J connectivity index is 2.49. The monoisotopic (exact) mass is 422 g/mol. The molecule has 0 unspecified atom stereocenters. The van der Waals surface area contributed by atoms with Crippen molar-refractivity contribution in [1.29, 1.82) is 0 Å². The van der Waals surface area contributed by atoms with Crippen LogP contribution in [0.3, 0.4) is 0 Å². The average Bonchev–Trinajstić information content (AvgIpc) is 2.71. The molecule has 0 saturated carbocycles. The highest BCUT2D eigenvalue weighted by molar-refractivity contribution is 7.62. The molecule has 2 aromatic carbocycles. The van der Waals surface area contributed by atoms with Crippen molar-refractivity contribution < 1.29 is 28.2 Å².